The molecule has 2 fully saturated rings. The van der Waals surface area contributed by atoms with E-state index in [2.05, 4.69) is 63.5 Å². The Balaban J connectivity index is 0.00000385. The number of hydrogen-bond donors (Lipinski definition) is 2. The number of aryl methyl sites for hydroxylation is 1. The van der Waals surface area contributed by atoms with Gasteiger partial charge >= 0.3 is 0 Å². The van der Waals surface area contributed by atoms with Gasteiger partial charge in [0.25, 0.3) is 0 Å². The zero-order valence-electron chi connectivity index (χ0n) is 20.5. The molecule has 0 aromatic heterocycles. The highest BCUT2D eigenvalue weighted by Gasteiger charge is 2.19. The summed E-state index contributed by atoms with van der Waals surface area (Å²) in [7, 11) is 0. The Hall–Kier alpha value is -1.55. The summed E-state index contributed by atoms with van der Waals surface area (Å²) in [6.45, 7) is 14.3. The number of anilines is 1. The van der Waals surface area contributed by atoms with Crippen LogP contribution in [0.4, 0.5) is 5.69 Å². The molecule has 0 unspecified atom stereocenters. The first-order chi connectivity index (χ1) is 15.7. The van der Waals surface area contributed by atoms with Gasteiger partial charge in [-0.05, 0) is 63.8 Å². The lowest BCUT2D eigenvalue weighted by molar-refractivity contribution is -0.127. The van der Waals surface area contributed by atoms with E-state index in [-0.39, 0.29) is 24.0 Å². The fraction of sp³-hybridized carbons (Fsp3) is 0.680. The molecule has 2 heterocycles. The summed E-state index contributed by atoms with van der Waals surface area (Å²) in [5, 5.41) is 6.79. The second-order valence-corrected chi connectivity index (χ2v) is 8.90. The van der Waals surface area contributed by atoms with Gasteiger partial charge in [0.05, 0.1) is 0 Å². The topological polar surface area (TPSA) is 63.2 Å². The van der Waals surface area contributed by atoms with Crippen LogP contribution in [-0.2, 0) is 4.79 Å². The molecule has 0 bridgehead atoms. The van der Waals surface area contributed by atoms with Crippen LogP contribution in [0.5, 0.6) is 0 Å². The molecule has 8 heteroatoms. The van der Waals surface area contributed by atoms with Crippen molar-refractivity contribution in [3.63, 3.8) is 0 Å². The maximum Gasteiger partial charge on any atom is 0.222 e. The van der Waals surface area contributed by atoms with Gasteiger partial charge in [-0.25, -0.2) is 0 Å². The van der Waals surface area contributed by atoms with Crippen molar-refractivity contribution >= 4 is 41.5 Å². The van der Waals surface area contributed by atoms with Gasteiger partial charge in [0.2, 0.25) is 5.91 Å². The molecular formula is C25H43IN6O. The van der Waals surface area contributed by atoms with Gasteiger partial charge in [0, 0.05) is 71.0 Å². The number of carbonyl (C=O) groups is 1. The third kappa shape index (κ3) is 9.68. The largest absolute Gasteiger partial charge is 0.369 e. The van der Waals surface area contributed by atoms with E-state index >= 15 is 0 Å². The Morgan fingerprint density at radius 1 is 1.03 bits per heavy atom. The average molecular weight is 571 g/mol. The predicted octanol–water partition coefficient (Wildman–Crippen LogP) is 3.08. The van der Waals surface area contributed by atoms with Crippen LogP contribution in [0.25, 0.3) is 0 Å². The molecule has 2 aliphatic heterocycles. The molecule has 1 aromatic rings. The number of likely N-dealkylation sites (tertiary alicyclic amines) is 1. The second-order valence-electron chi connectivity index (χ2n) is 8.90. The minimum atomic E-state index is 0. The quantitative estimate of drug-likeness (QED) is 0.185. The lowest BCUT2D eigenvalue weighted by Gasteiger charge is -2.36. The first kappa shape index (κ1) is 27.7. The number of benzene rings is 1. The van der Waals surface area contributed by atoms with Crippen molar-refractivity contribution < 1.29 is 4.79 Å². The molecule has 0 spiro atoms. The average Bonchev–Trinajstić information content (AvgIpc) is 3.21. The number of piperazine rings is 1. The normalized spacial score (nSPS) is 17.3. The summed E-state index contributed by atoms with van der Waals surface area (Å²) in [6.07, 6.45) is 5.00. The molecule has 2 N–H and O–H groups in total. The van der Waals surface area contributed by atoms with Gasteiger partial charge in [-0.3, -0.25) is 14.7 Å². The number of nitrogens with one attached hydrogen (secondary N) is 2. The fourth-order valence-electron chi connectivity index (χ4n) is 4.46. The number of aliphatic imine (C=N–C) groups is 1. The second kappa shape index (κ2) is 15.4. The number of guanidine groups is 1. The minimum absolute atomic E-state index is 0. The molecule has 2 saturated heterocycles. The molecule has 1 amide bonds. The van der Waals surface area contributed by atoms with Crippen molar-refractivity contribution in [2.75, 3.05) is 70.3 Å². The highest BCUT2D eigenvalue weighted by molar-refractivity contribution is 14.0. The molecule has 0 radical (unpaired) electrons. The lowest BCUT2D eigenvalue weighted by Crippen LogP contribution is -2.46. The van der Waals surface area contributed by atoms with E-state index < -0.39 is 0 Å². The first-order valence-electron chi connectivity index (χ1n) is 12.5. The van der Waals surface area contributed by atoms with E-state index in [1.807, 2.05) is 4.90 Å². The molecule has 1 aromatic carbocycles. The monoisotopic (exact) mass is 570 g/mol. The Kier molecular flexibility index (Phi) is 12.9. The predicted molar refractivity (Wildman–Crippen MR) is 149 cm³/mol. The van der Waals surface area contributed by atoms with Crippen molar-refractivity contribution in [1.29, 1.82) is 0 Å². The van der Waals surface area contributed by atoms with Gasteiger partial charge < -0.3 is 20.4 Å². The Morgan fingerprint density at radius 3 is 2.55 bits per heavy atom. The molecule has 3 rings (SSSR count). The summed E-state index contributed by atoms with van der Waals surface area (Å²) >= 11 is 0. The van der Waals surface area contributed by atoms with Crippen LogP contribution in [0.3, 0.4) is 0 Å². The third-order valence-corrected chi connectivity index (χ3v) is 6.30. The molecule has 7 nitrogen and oxygen atoms in total. The van der Waals surface area contributed by atoms with Crippen LogP contribution in [0, 0.1) is 6.92 Å². The Bertz CT molecular complexity index is 735. The molecule has 0 saturated carbocycles. The van der Waals surface area contributed by atoms with Gasteiger partial charge in [-0.1, -0.05) is 12.1 Å². The summed E-state index contributed by atoms with van der Waals surface area (Å²) in [5.74, 6) is 1.20. The SMILES string of the molecule is CCNC(=NCCCN1CCCC1=O)NCCCCN1CCN(c2cccc(C)c2)CC1.I. The molecular weight excluding hydrogens is 527 g/mol. The van der Waals surface area contributed by atoms with Crippen molar-refractivity contribution in [1.82, 2.24) is 20.4 Å². The summed E-state index contributed by atoms with van der Waals surface area (Å²) in [6, 6.07) is 8.83. The van der Waals surface area contributed by atoms with E-state index in [1.165, 1.54) is 24.2 Å². The van der Waals surface area contributed by atoms with Crippen molar-refractivity contribution in [2.45, 2.75) is 46.0 Å². The maximum absolute atomic E-state index is 11.7. The van der Waals surface area contributed by atoms with Crippen LogP contribution < -0.4 is 15.5 Å². The van der Waals surface area contributed by atoms with Crippen molar-refractivity contribution in [3.05, 3.63) is 29.8 Å². The summed E-state index contributed by atoms with van der Waals surface area (Å²) in [5.41, 5.74) is 2.69. The zero-order valence-corrected chi connectivity index (χ0v) is 22.9. The van der Waals surface area contributed by atoms with Gasteiger partial charge in [0.1, 0.15) is 0 Å². The Labute approximate surface area is 217 Å². The smallest absolute Gasteiger partial charge is 0.222 e. The number of carbonyl (C=O) groups excluding carboxylic acids is 1. The zero-order chi connectivity index (χ0) is 22.6. The molecule has 33 heavy (non-hydrogen) atoms. The summed E-state index contributed by atoms with van der Waals surface area (Å²) in [4.78, 5) is 23.4. The van der Waals surface area contributed by atoms with Gasteiger partial charge in [-0.2, -0.15) is 0 Å². The van der Waals surface area contributed by atoms with Crippen LogP contribution in [-0.4, -0.2) is 87.1 Å². The van der Waals surface area contributed by atoms with Crippen molar-refractivity contribution in [2.24, 2.45) is 4.99 Å². The number of rotatable bonds is 11. The van der Waals surface area contributed by atoms with E-state index in [4.69, 9.17) is 0 Å². The van der Waals surface area contributed by atoms with Crippen LogP contribution in [0.2, 0.25) is 0 Å². The van der Waals surface area contributed by atoms with E-state index in [0.29, 0.717) is 5.91 Å². The number of halogens is 1. The lowest BCUT2D eigenvalue weighted by atomic mass is 10.2. The van der Waals surface area contributed by atoms with Crippen LogP contribution >= 0.6 is 24.0 Å². The van der Waals surface area contributed by atoms with Crippen molar-refractivity contribution in [3.8, 4) is 0 Å². The van der Waals surface area contributed by atoms with Gasteiger partial charge in [-0.15, -0.1) is 24.0 Å². The first-order valence-corrected chi connectivity index (χ1v) is 12.5. The van der Waals surface area contributed by atoms with Crippen LogP contribution in [0.15, 0.2) is 29.3 Å². The van der Waals surface area contributed by atoms with Gasteiger partial charge in [0.15, 0.2) is 5.96 Å². The molecule has 0 aliphatic carbocycles. The van der Waals surface area contributed by atoms with E-state index in [0.717, 1.165) is 90.5 Å². The maximum atomic E-state index is 11.7. The highest BCUT2D eigenvalue weighted by atomic mass is 127. The Morgan fingerprint density at radius 2 is 1.85 bits per heavy atom. The van der Waals surface area contributed by atoms with E-state index in [9.17, 15) is 4.79 Å². The third-order valence-electron chi connectivity index (χ3n) is 6.30. The standard InChI is InChI=1S/C25H42N6O.HI/c1-3-26-25(28-13-8-16-31-15-7-11-24(31)32)27-12-4-5-14-29-17-19-30(20-18-29)23-10-6-9-22(2)21-23;/h6,9-10,21H,3-5,7-8,11-20H2,1-2H3,(H2,26,27,28);1H. The number of amides is 1. The number of hydrogen-bond acceptors (Lipinski definition) is 4. The van der Waals surface area contributed by atoms with Crippen LogP contribution in [0.1, 0.15) is 44.6 Å². The molecule has 186 valence electrons. The molecule has 0 atom stereocenters. The molecule has 2 aliphatic rings. The summed E-state index contributed by atoms with van der Waals surface area (Å²) < 4.78 is 0. The highest BCUT2D eigenvalue weighted by Crippen LogP contribution is 2.18. The number of nitrogens with zero attached hydrogens (tertiary/aromatic N) is 4. The number of unbranched alkanes of at least 4 members (excludes halogenated alkanes) is 1. The fourth-order valence-corrected chi connectivity index (χ4v) is 4.46. The van der Waals surface area contributed by atoms with E-state index in [1.54, 1.807) is 0 Å². The minimum Gasteiger partial charge on any atom is -0.369 e.